The van der Waals surface area contributed by atoms with Crippen molar-refractivity contribution in [1.29, 1.82) is 0 Å². The number of fused-ring (bicyclic) bond motifs is 2. The molecule has 1 aromatic carbocycles. The highest BCUT2D eigenvalue weighted by Crippen LogP contribution is 2.33. The van der Waals surface area contributed by atoms with Crippen molar-refractivity contribution in [2.24, 2.45) is 0 Å². The van der Waals surface area contributed by atoms with Crippen LogP contribution in [0, 0.1) is 0 Å². The molecule has 3 N–H and O–H groups in total. The Kier molecular flexibility index (Phi) is 5.22. The first-order valence-electron chi connectivity index (χ1n) is 9.68. The fourth-order valence-electron chi connectivity index (χ4n) is 3.57. The number of aromatic hydroxyl groups is 1. The highest BCUT2D eigenvalue weighted by Gasteiger charge is 2.15. The van der Waals surface area contributed by atoms with Gasteiger partial charge in [0.25, 0.3) is 0 Å². The summed E-state index contributed by atoms with van der Waals surface area (Å²) in [5.41, 5.74) is 3.53. The van der Waals surface area contributed by atoms with Crippen LogP contribution in [0.3, 0.4) is 0 Å². The third-order valence-corrected chi connectivity index (χ3v) is 4.96. The molecule has 0 atom stereocenters. The van der Waals surface area contributed by atoms with Crippen molar-refractivity contribution < 1.29 is 9.90 Å². The Labute approximate surface area is 169 Å². The fraction of sp³-hybridized carbons (Fsp3) is 0.273. The Hall–Kier alpha value is -3.32. The number of pyridine rings is 1. The summed E-state index contributed by atoms with van der Waals surface area (Å²) in [5.74, 6) is 0.164. The zero-order chi connectivity index (χ0) is 20.4. The number of phenols is 1. The first-order valence-corrected chi connectivity index (χ1v) is 9.68. The van der Waals surface area contributed by atoms with E-state index in [4.69, 9.17) is 0 Å². The third-order valence-electron chi connectivity index (χ3n) is 4.96. The van der Waals surface area contributed by atoms with Gasteiger partial charge in [-0.15, -0.1) is 0 Å². The lowest BCUT2D eigenvalue weighted by molar-refractivity contribution is -0.121. The highest BCUT2D eigenvalue weighted by molar-refractivity contribution is 5.99. The molecule has 0 unspecified atom stereocenters. The van der Waals surface area contributed by atoms with Gasteiger partial charge in [-0.3, -0.25) is 4.79 Å². The highest BCUT2D eigenvalue weighted by atomic mass is 16.3. The number of H-pyrrole nitrogens is 1. The van der Waals surface area contributed by atoms with Gasteiger partial charge in [0.1, 0.15) is 17.9 Å². The standard InChI is InChI=1S/C22H25N5O2/c1-26(2)10-4-9-23-21(29)14-27-13-18(17-12-16(28)6-7-20(17)27)19-11-15-5-3-8-24-22(15)25-19/h3,5-8,11-13,28H,4,9-10,14H2,1-2H3,(H,23,29)(H,24,25). The maximum Gasteiger partial charge on any atom is 0.239 e. The van der Waals surface area contributed by atoms with Gasteiger partial charge in [-0.05, 0) is 63.5 Å². The quantitative estimate of drug-likeness (QED) is 0.423. The van der Waals surface area contributed by atoms with E-state index >= 15 is 0 Å². The lowest BCUT2D eigenvalue weighted by Crippen LogP contribution is -2.29. The van der Waals surface area contributed by atoms with E-state index in [0.717, 1.165) is 46.2 Å². The number of carbonyl (C=O) groups excluding carboxylic acids is 1. The van der Waals surface area contributed by atoms with Crippen LogP contribution in [0.1, 0.15) is 6.42 Å². The molecule has 150 valence electrons. The summed E-state index contributed by atoms with van der Waals surface area (Å²) in [6.45, 7) is 1.81. The third kappa shape index (κ3) is 4.09. The van der Waals surface area contributed by atoms with Crippen LogP contribution in [-0.4, -0.2) is 57.6 Å². The van der Waals surface area contributed by atoms with Gasteiger partial charge in [-0.1, -0.05) is 0 Å². The number of hydrogen-bond acceptors (Lipinski definition) is 4. The number of benzene rings is 1. The van der Waals surface area contributed by atoms with E-state index in [1.54, 1.807) is 18.3 Å². The van der Waals surface area contributed by atoms with Crippen LogP contribution in [0.4, 0.5) is 0 Å². The number of rotatable bonds is 7. The number of carbonyl (C=O) groups is 1. The van der Waals surface area contributed by atoms with Gasteiger partial charge in [0.15, 0.2) is 0 Å². The van der Waals surface area contributed by atoms with Crippen molar-refractivity contribution in [3.8, 4) is 17.0 Å². The zero-order valence-electron chi connectivity index (χ0n) is 16.6. The minimum Gasteiger partial charge on any atom is -0.508 e. The van der Waals surface area contributed by atoms with Crippen molar-refractivity contribution in [2.45, 2.75) is 13.0 Å². The van der Waals surface area contributed by atoms with Crippen LogP contribution >= 0.6 is 0 Å². The van der Waals surface area contributed by atoms with E-state index in [-0.39, 0.29) is 18.2 Å². The van der Waals surface area contributed by atoms with E-state index in [0.29, 0.717) is 6.54 Å². The molecule has 0 saturated heterocycles. The molecule has 0 saturated carbocycles. The Balaban J connectivity index is 1.62. The maximum atomic E-state index is 12.4. The Morgan fingerprint density at radius 1 is 1.28 bits per heavy atom. The molecule has 0 bridgehead atoms. The van der Waals surface area contributed by atoms with E-state index < -0.39 is 0 Å². The van der Waals surface area contributed by atoms with Crippen LogP contribution in [0.5, 0.6) is 5.75 Å². The number of phenolic OH excluding ortho intramolecular Hbond substituents is 1. The summed E-state index contributed by atoms with van der Waals surface area (Å²) >= 11 is 0. The van der Waals surface area contributed by atoms with Gasteiger partial charge in [-0.2, -0.15) is 0 Å². The summed E-state index contributed by atoms with van der Waals surface area (Å²) in [5, 5.41) is 14.9. The predicted molar refractivity (Wildman–Crippen MR) is 115 cm³/mol. The van der Waals surface area contributed by atoms with Crippen molar-refractivity contribution in [3.05, 3.63) is 48.8 Å². The van der Waals surface area contributed by atoms with Crippen LogP contribution in [0.25, 0.3) is 33.2 Å². The molecule has 0 aliphatic heterocycles. The summed E-state index contributed by atoms with van der Waals surface area (Å²) in [7, 11) is 4.04. The summed E-state index contributed by atoms with van der Waals surface area (Å²) in [6.07, 6.45) is 4.61. The molecule has 0 spiro atoms. The number of amides is 1. The minimum atomic E-state index is -0.0291. The number of nitrogens with one attached hydrogen (secondary N) is 2. The van der Waals surface area contributed by atoms with Gasteiger partial charge in [0, 0.05) is 46.5 Å². The van der Waals surface area contributed by atoms with Gasteiger partial charge in [0.2, 0.25) is 5.91 Å². The van der Waals surface area contributed by atoms with E-state index in [1.807, 2.05) is 49.1 Å². The lowest BCUT2D eigenvalue weighted by atomic mass is 10.1. The van der Waals surface area contributed by atoms with Crippen LogP contribution in [-0.2, 0) is 11.3 Å². The molecule has 29 heavy (non-hydrogen) atoms. The van der Waals surface area contributed by atoms with E-state index in [2.05, 4.69) is 20.2 Å². The molecular weight excluding hydrogens is 366 g/mol. The summed E-state index contributed by atoms with van der Waals surface area (Å²) in [6, 6.07) is 11.1. The predicted octanol–water partition coefficient (Wildman–Crippen LogP) is 2.96. The van der Waals surface area contributed by atoms with Crippen LogP contribution in [0.15, 0.2) is 48.8 Å². The molecule has 3 heterocycles. The Bertz CT molecular complexity index is 1130. The average molecular weight is 391 g/mol. The fourth-order valence-corrected chi connectivity index (χ4v) is 3.57. The molecule has 0 radical (unpaired) electrons. The normalized spacial score (nSPS) is 11.6. The Morgan fingerprint density at radius 3 is 2.93 bits per heavy atom. The van der Waals surface area contributed by atoms with E-state index in [9.17, 15) is 9.90 Å². The van der Waals surface area contributed by atoms with Crippen LogP contribution < -0.4 is 5.32 Å². The van der Waals surface area contributed by atoms with Crippen molar-refractivity contribution in [1.82, 2.24) is 24.8 Å². The van der Waals surface area contributed by atoms with Gasteiger partial charge in [0.05, 0.1) is 0 Å². The van der Waals surface area contributed by atoms with Gasteiger partial charge in [-0.25, -0.2) is 4.98 Å². The second-order valence-corrected chi connectivity index (χ2v) is 7.50. The molecule has 7 nitrogen and oxygen atoms in total. The topological polar surface area (TPSA) is 86.2 Å². The SMILES string of the molecule is CN(C)CCCNC(=O)Cn1cc(-c2cc3cccnc3[nH]2)c2cc(O)ccc21. The molecular formula is C22H25N5O2. The van der Waals surface area contributed by atoms with Gasteiger partial charge < -0.3 is 24.9 Å². The second-order valence-electron chi connectivity index (χ2n) is 7.50. The van der Waals surface area contributed by atoms with Crippen LogP contribution in [0.2, 0.25) is 0 Å². The molecule has 0 fully saturated rings. The lowest BCUT2D eigenvalue weighted by Gasteiger charge is -2.10. The number of aromatic nitrogens is 3. The van der Waals surface area contributed by atoms with Crippen molar-refractivity contribution in [2.75, 3.05) is 27.2 Å². The smallest absolute Gasteiger partial charge is 0.239 e. The number of nitrogens with zero attached hydrogens (tertiary/aromatic N) is 3. The zero-order valence-corrected chi connectivity index (χ0v) is 16.6. The molecule has 3 aromatic heterocycles. The van der Waals surface area contributed by atoms with Crippen molar-refractivity contribution in [3.63, 3.8) is 0 Å². The molecule has 7 heteroatoms. The first kappa shape index (κ1) is 19.0. The monoisotopic (exact) mass is 391 g/mol. The first-order chi connectivity index (χ1) is 14.0. The average Bonchev–Trinajstić information content (AvgIpc) is 3.26. The minimum absolute atomic E-state index is 0.0291. The second kappa shape index (κ2) is 7.97. The maximum absolute atomic E-state index is 12.4. The molecule has 0 aliphatic carbocycles. The molecule has 1 amide bonds. The van der Waals surface area contributed by atoms with Crippen molar-refractivity contribution >= 4 is 27.8 Å². The summed E-state index contributed by atoms with van der Waals surface area (Å²) in [4.78, 5) is 22.2. The largest absolute Gasteiger partial charge is 0.508 e. The molecule has 0 aliphatic rings. The summed E-state index contributed by atoms with van der Waals surface area (Å²) < 4.78 is 1.92. The van der Waals surface area contributed by atoms with Gasteiger partial charge >= 0.3 is 0 Å². The number of hydrogen-bond donors (Lipinski definition) is 3. The molecule has 4 aromatic rings. The number of aromatic amines is 1. The molecule has 4 rings (SSSR count). The van der Waals surface area contributed by atoms with E-state index in [1.165, 1.54) is 0 Å². The Morgan fingerprint density at radius 2 is 2.14 bits per heavy atom.